The van der Waals surface area contributed by atoms with Crippen molar-refractivity contribution in [2.75, 3.05) is 13.7 Å². The van der Waals surface area contributed by atoms with Crippen molar-refractivity contribution in [1.29, 1.82) is 0 Å². The predicted octanol–water partition coefficient (Wildman–Crippen LogP) is 2.56. The Morgan fingerprint density at radius 2 is 1.80 bits per heavy atom. The van der Waals surface area contributed by atoms with Crippen LogP contribution in [0.2, 0.25) is 0 Å². The Balaban J connectivity index is 2.16. The molecule has 0 radical (unpaired) electrons. The number of carbonyl (C=O) groups is 2. The fourth-order valence-electron chi connectivity index (χ4n) is 3.24. The molecule has 1 heterocycles. The van der Waals surface area contributed by atoms with Gasteiger partial charge in [-0.15, -0.1) is 0 Å². The summed E-state index contributed by atoms with van der Waals surface area (Å²) in [4.78, 5) is 27.6. The van der Waals surface area contributed by atoms with E-state index in [0.717, 1.165) is 0 Å². The number of hydrogen-bond donors (Lipinski definition) is 2. The van der Waals surface area contributed by atoms with Crippen LogP contribution in [-0.4, -0.2) is 30.4 Å². The van der Waals surface area contributed by atoms with E-state index in [-0.39, 0.29) is 11.8 Å². The highest BCUT2D eigenvalue weighted by molar-refractivity contribution is 6.01. The van der Waals surface area contributed by atoms with E-state index in [1.54, 1.807) is 13.8 Å². The van der Waals surface area contributed by atoms with Gasteiger partial charge in [0.2, 0.25) is 5.78 Å². The zero-order valence-electron chi connectivity index (χ0n) is 15.6. The van der Waals surface area contributed by atoms with Gasteiger partial charge in [0.1, 0.15) is 12.6 Å². The Bertz CT molecular complexity index is 748. The lowest BCUT2D eigenvalue weighted by molar-refractivity contribution is -0.691. The van der Waals surface area contributed by atoms with Crippen molar-refractivity contribution < 1.29 is 19.6 Å². The number of nitrogens with one attached hydrogen (secondary N) is 1. The Kier molecular flexibility index (Phi) is 6.15. The molecule has 0 saturated heterocycles. The van der Waals surface area contributed by atoms with Crippen LogP contribution in [0.3, 0.4) is 0 Å². The van der Waals surface area contributed by atoms with Crippen LogP contribution in [0.5, 0.6) is 0 Å². The summed E-state index contributed by atoms with van der Waals surface area (Å²) in [6.45, 7) is 8.18. The number of esters is 1. The average Bonchev–Trinajstić information content (AvgIpc) is 2.89. The maximum absolute atomic E-state index is 12.7. The fraction of sp³-hybridized carbons (Fsp3) is 0.400. The molecule has 1 aromatic heterocycles. The average molecular weight is 343 g/mol. The highest BCUT2D eigenvalue weighted by Gasteiger charge is 2.25. The number of rotatable bonds is 7. The molecule has 2 rings (SSSR count). The summed E-state index contributed by atoms with van der Waals surface area (Å²) in [7, 11) is 1.34. The first kappa shape index (κ1) is 18.9. The summed E-state index contributed by atoms with van der Waals surface area (Å²) in [6, 6.07) is 10.4. The van der Waals surface area contributed by atoms with Crippen molar-refractivity contribution in [2.24, 2.45) is 5.92 Å². The summed E-state index contributed by atoms with van der Waals surface area (Å²) in [5.74, 6) is -0.0386. The molecule has 0 aliphatic heterocycles. The minimum absolute atomic E-state index is 0.0164. The summed E-state index contributed by atoms with van der Waals surface area (Å²) >= 11 is 0. The molecule has 0 aliphatic rings. The van der Waals surface area contributed by atoms with Crippen LogP contribution in [0.15, 0.2) is 30.3 Å². The van der Waals surface area contributed by atoms with Crippen molar-refractivity contribution in [3.63, 3.8) is 0 Å². The third-order valence-electron chi connectivity index (χ3n) is 4.57. The largest absolute Gasteiger partial charge is 0.465 e. The van der Waals surface area contributed by atoms with Crippen LogP contribution in [-0.2, 0) is 4.74 Å². The monoisotopic (exact) mass is 343 g/mol. The normalized spacial score (nSPS) is 12.2. The molecule has 1 atom stereocenters. The first-order chi connectivity index (χ1) is 11.9. The molecule has 5 nitrogen and oxygen atoms in total. The topological polar surface area (TPSA) is 75.8 Å². The number of Topliss-reactive ketones (excluding diaryl/α,β-unsaturated/α-hetero) is 1. The van der Waals surface area contributed by atoms with Crippen LogP contribution < -0.4 is 5.32 Å². The van der Waals surface area contributed by atoms with E-state index < -0.39 is 5.97 Å². The molecule has 0 fully saturated rings. The second-order valence-corrected chi connectivity index (χ2v) is 6.66. The predicted molar refractivity (Wildman–Crippen MR) is 96.8 cm³/mol. The van der Waals surface area contributed by atoms with Gasteiger partial charge in [0.25, 0.3) is 0 Å². The number of methoxy groups -OCH3 is 1. The van der Waals surface area contributed by atoms with Gasteiger partial charge in [-0.25, -0.2) is 4.79 Å². The first-order valence-electron chi connectivity index (χ1n) is 8.55. The molecular weight excluding hydrogens is 316 g/mol. The van der Waals surface area contributed by atoms with Crippen molar-refractivity contribution in [2.45, 2.75) is 33.7 Å². The molecular formula is C20H27N2O3+. The maximum atomic E-state index is 12.7. The lowest BCUT2D eigenvalue weighted by Gasteiger charge is -2.19. The summed E-state index contributed by atoms with van der Waals surface area (Å²) < 4.78 is 4.80. The minimum Gasteiger partial charge on any atom is -0.465 e. The number of aryl methyl sites for hydroxylation is 1. The Hall–Kier alpha value is -2.40. The van der Waals surface area contributed by atoms with Crippen molar-refractivity contribution in [1.82, 2.24) is 4.98 Å². The van der Waals surface area contributed by atoms with Gasteiger partial charge in [0.15, 0.2) is 0 Å². The second kappa shape index (κ2) is 8.12. The quantitative estimate of drug-likeness (QED) is 0.599. The molecule has 5 heteroatoms. The number of quaternary nitrogens is 1. The molecule has 25 heavy (non-hydrogen) atoms. The number of ketones is 1. The molecule has 0 aliphatic carbocycles. The Labute approximate surface area is 148 Å². The zero-order valence-corrected chi connectivity index (χ0v) is 15.6. The van der Waals surface area contributed by atoms with E-state index in [0.29, 0.717) is 35.0 Å². The standard InChI is InChI=1S/C20H26N2O3/c1-12(2)18(15-9-7-6-8-10-15)21-11-16(23)19-13(3)17(14(4)22-19)20(24)25-5/h6-10,12,18,21-22H,11H2,1-5H3/p+1/t18-/m1/s1. The van der Waals surface area contributed by atoms with E-state index in [4.69, 9.17) is 4.74 Å². The van der Waals surface area contributed by atoms with Gasteiger partial charge in [0.05, 0.1) is 18.4 Å². The van der Waals surface area contributed by atoms with Gasteiger partial charge in [-0.3, -0.25) is 4.79 Å². The molecule has 0 amide bonds. The van der Waals surface area contributed by atoms with Gasteiger partial charge >= 0.3 is 5.97 Å². The zero-order chi connectivity index (χ0) is 18.6. The Morgan fingerprint density at radius 3 is 2.36 bits per heavy atom. The van der Waals surface area contributed by atoms with E-state index in [1.165, 1.54) is 12.7 Å². The second-order valence-electron chi connectivity index (χ2n) is 6.66. The number of aromatic amines is 1. The minimum atomic E-state index is -0.418. The van der Waals surface area contributed by atoms with Crippen LogP contribution >= 0.6 is 0 Å². The maximum Gasteiger partial charge on any atom is 0.339 e. The number of aromatic nitrogens is 1. The third-order valence-corrected chi connectivity index (χ3v) is 4.57. The van der Waals surface area contributed by atoms with E-state index >= 15 is 0 Å². The number of benzene rings is 1. The molecule has 0 spiro atoms. The molecule has 3 N–H and O–H groups in total. The third kappa shape index (κ3) is 4.17. The molecule has 1 aromatic carbocycles. The van der Waals surface area contributed by atoms with E-state index in [2.05, 4.69) is 36.3 Å². The number of carbonyl (C=O) groups excluding carboxylic acids is 2. The van der Waals surface area contributed by atoms with Crippen LogP contribution in [0.4, 0.5) is 0 Å². The summed E-state index contributed by atoms with van der Waals surface area (Å²) in [5, 5.41) is 2.07. The number of H-pyrrole nitrogens is 1. The van der Waals surface area contributed by atoms with Crippen LogP contribution in [0, 0.1) is 19.8 Å². The highest BCUT2D eigenvalue weighted by Crippen LogP contribution is 2.20. The fourth-order valence-corrected chi connectivity index (χ4v) is 3.24. The highest BCUT2D eigenvalue weighted by atomic mass is 16.5. The smallest absolute Gasteiger partial charge is 0.339 e. The van der Waals surface area contributed by atoms with E-state index in [1.807, 2.05) is 18.2 Å². The molecule has 0 bridgehead atoms. The summed E-state index contributed by atoms with van der Waals surface area (Å²) in [5.41, 5.74) is 3.47. The van der Waals surface area contributed by atoms with Crippen molar-refractivity contribution >= 4 is 11.8 Å². The lowest BCUT2D eigenvalue weighted by atomic mass is 9.96. The molecule has 2 aromatic rings. The van der Waals surface area contributed by atoms with E-state index in [9.17, 15) is 9.59 Å². The molecule has 0 saturated carbocycles. The number of hydrogen-bond acceptors (Lipinski definition) is 3. The van der Waals surface area contributed by atoms with Gasteiger partial charge in [-0.2, -0.15) is 0 Å². The van der Waals surface area contributed by atoms with Gasteiger partial charge in [-0.05, 0) is 19.4 Å². The summed E-state index contributed by atoms with van der Waals surface area (Å²) in [6.07, 6.45) is 0. The van der Waals surface area contributed by atoms with Gasteiger partial charge < -0.3 is 15.0 Å². The van der Waals surface area contributed by atoms with Gasteiger partial charge in [-0.1, -0.05) is 44.2 Å². The SMILES string of the molecule is COC(=O)c1c(C)[nH]c(C(=O)C[NH2+][C@@H](c2ccccc2)C(C)C)c1C. The van der Waals surface area contributed by atoms with Crippen molar-refractivity contribution in [3.8, 4) is 0 Å². The number of ether oxygens (including phenoxy) is 1. The lowest BCUT2D eigenvalue weighted by Crippen LogP contribution is -2.87. The van der Waals surface area contributed by atoms with Crippen molar-refractivity contribution in [3.05, 3.63) is 58.4 Å². The van der Waals surface area contributed by atoms with Crippen LogP contribution in [0.25, 0.3) is 0 Å². The Morgan fingerprint density at radius 1 is 1.16 bits per heavy atom. The number of nitrogens with two attached hydrogens (primary N) is 1. The first-order valence-corrected chi connectivity index (χ1v) is 8.55. The molecule has 134 valence electrons. The van der Waals surface area contributed by atoms with Crippen LogP contribution in [0.1, 0.15) is 57.6 Å². The molecule has 0 unspecified atom stereocenters. The van der Waals surface area contributed by atoms with Gasteiger partial charge in [0, 0.05) is 17.2 Å².